The minimum absolute atomic E-state index is 0.0310. The Hall–Kier alpha value is -3.79. The Kier molecular flexibility index (Phi) is 5.76. The number of aromatic nitrogens is 2. The number of nitrogens with zero attached hydrogens (tertiary/aromatic N) is 3. The molecule has 0 unspecified atom stereocenters. The summed E-state index contributed by atoms with van der Waals surface area (Å²) in [5, 5.41) is 9.88. The van der Waals surface area contributed by atoms with Gasteiger partial charge >= 0.3 is 6.09 Å². The van der Waals surface area contributed by atoms with Crippen molar-refractivity contribution in [1.29, 1.82) is 0 Å². The van der Waals surface area contributed by atoms with Gasteiger partial charge in [0.05, 0.1) is 35.6 Å². The average molecular weight is 499 g/mol. The van der Waals surface area contributed by atoms with Gasteiger partial charge in [0.1, 0.15) is 11.4 Å². The second-order valence-electron chi connectivity index (χ2n) is 8.63. The van der Waals surface area contributed by atoms with Crippen LogP contribution in [0.3, 0.4) is 0 Å². The first-order valence-electron chi connectivity index (χ1n) is 11.2. The molecule has 0 saturated carbocycles. The van der Waals surface area contributed by atoms with Gasteiger partial charge in [0, 0.05) is 19.3 Å². The van der Waals surface area contributed by atoms with E-state index >= 15 is 4.39 Å². The van der Waals surface area contributed by atoms with Crippen LogP contribution >= 0.6 is 11.6 Å². The number of piperidine rings is 1. The Balaban J connectivity index is 1.44. The number of nitrogen functional groups attached to an aromatic ring is 1. The molecule has 1 aromatic heterocycles. The zero-order valence-corrected chi connectivity index (χ0v) is 19.7. The Bertz CT molecular complexity index is 1330. The standard InChI is InChI=1S/C24H24ClFN6O3/c1-28-17-6-3-2-5-14(17)12-32-21(27)15(11-29-32)22(33)31-10-4-9-24(13-31)19-18(30-23(34)35-24)8-7-16(25)20(19)26/h2-3,5-8,11,28H,4,9-10,12-13,27H2,1H3,(H,30,34)/t24-/m0/s1. The third-order valence-electron chi connectivity index (χ3n) is 6.53. The first-order chi connectivity index (χ1) is 16.8. The molecule has 3 aromatic rings. The van der Waals surface area contributed by atoms with Crippen LogP contribution in [0.1, 0.15) is 34.3 Å². The van der Waals surface area contributed by atoms with E-state index in [1.807, 2.05) is 31.3 Å². The molecule has 1 fully saturated rings. The number of nitrogens with one attached hydrogen (secondary N) is 2. The SMILES string of the molecule is CNc1ccccc1Cn1ncc(C(=O)N2CCC[C@@]3(C2)OC(=O)Nc2ccc(Cl)c(F)c23)c1N. The molecular weight excluding hydrogens is 475 g/mol. The summed E-state index contributed by atoms with van der Waals surface area (Å²) in [6, 6.07) is 10.6. The lowest BCUT2D eigenvalue weighted by atomic mass is 9.83. The zero-order valence-electron chi connectivity index (χ0n) is 19.0. The summed E-state index contributed by atoms with van der Waals surface area (Å²) in [7, 11) is 1.83. The minimum Gasteiger partial charge on any atom is -0.436 e. The number of hydrogen-bond acceptors (Lipinski definition) is 6. The van der Waals surface area contributed by atoms with Gasteiger partial charge in [0.25, 0.3) is 5.91 Å². The highest BCUT2D eigenvalue weighted by Crippen LogP contribution is 2.45. The number of fused-ring (bicyclic) bond motifs is 2. The molecule has 2 amide bonds. The second-order valence-corrected chi connectivity index (χ2v) is 9.04. The van der Waals surface area contributed by atoms with E-state index in [1.54, 1.807) is 4.68 Å². The summed E-state index contributed by atoms with van der Waals surface area (Å²) in [6.45, 7) is 0.743. The molecule has 4 N–H and O–H groups in total. The van der Waals surface area contributed by atoms with Crippen molar-refractivity contribution >= 4 is 40.8 Å². The monoisotopic (exact) mass is 498 g/mol. The molecule has 1 saturated heterocycles. The van der Waals surface area contributed by atoms with Crippen LogP contribution in [0.15, 0.2) is 42.6 Å². The zero-order chi connectivity index (χ0) is 24.7. The van der Waals surface area contributed by atoms with E-state index in [0.717, 1.165) is 11.3 Å². The van der Waals surface area contributed by atoms with Gasteiger partial charge in [0.2, 0.25) is 0 Å². The number of rotatable bonds is 4. The first-order valence-corrected chi connectivity index (χ1v) is 11.6. The highest BCUT2D eigenvalue weighted by Gasteiger charge is 2.48. The Morgan fingerprint density at radius 3 is 2.94 bits per heavy atom. The normalized spacial score (nSPS) is 19.2. The van der Waals surface area contributed by atoms with Crippen molar-refractivity contribution in [2.75, 3.05) is 36.5 Å². The van der Waals surface area contributed by atoms with Crippen molar-refractivity contribution in [2.24, 2.45) is 0 Å². The molecule has 0 bridgehead atoms. The van der Waals surface area contributed by atoms with Gasteiger partial charge in [0.15, 0.2) is 11.4 Å². The average Bonchev–Trinajstić information content (AvgIpc) is 3.21. The number of hydrogen-bond donors (Lipinski definition) is 3. The molecule has 2 aromatic carbocycles. The number of carbonyl (C=O) groups excluding carboxylic acids is 2. The molecule has 5 rings (SSSR count). The van der Waals surface area contributed by atoms with Crippen LogP contribution in [-0.2, 0) is 16.9 Å². The van der Waals surface area contributed by atoms with Gasteiger partial charge in [-0.05, 0) is 36.6 Å². The number of nitrogens with two attached hydrogens (primary N) is 1. The molecule has 1 atom stereocenters. The van der Waals surface area contributed by atoms with E-state index in [4.69, 9.17) is 22.1 Å². The van der Waals surface area contributed by atoms with E-state index in [0.29, 0.717) is 25.9 Å². The first kappa shape index (κ1) is 23.0. The van der Waals surface area contributed by atoms with Crippen molar-refractivity contribution < 1.29 is 18.7 Å². The molecule has 11 heteroatoms. The molecule has 0 radical (unpaired) electrons. The maximum atomic E-state index is 15.1. The van der Waals surface area contributed by atoms with Crippen LogP contribution in [0.5, 0.6) is 0 Å². The van der Waals surface area contributed by atoms with Crippen LogP contribution in [-0.4, -0.2) is 46.8 Å². The topological polar surface area (TPSA) is 115 Å². The van der Waals surface area contributed by atoms with Gasteiger partial charge in [-0.2, -0.15) is 5.10 Å². The van der Waals surface area contributed by atoms with Crippen molar-refractivity contribution in [3.05, 3.63) is 70.1 Å². The van der Waals surface area contributed by atoms with Crippen LogP contribution in [0.2, 0.25) is 5.02 Å². The number of carbonyl (C=O) groups is 2. The van der Waals surface area contributed by atoms with Gasteiger partial charge in [-0.3, -0.25) is 10.1 Å². The highest BCUT2D eigenvalue weighted by molar-refractivity contribution is 6.31. The third kappa shape index (κ3) is 3.93. The molecule has 9 nitrogen and oxygen atoms in total. The van der Waals surface area contributed by atoms with E-state index in [-0.39, 0.29) is 40.1 Å². The molecule has 35 heavy (non-hydrogen) atoms. The van der Waals surface area contributed by atoms with Crippen LogP contribution < -0.4 is 16.4 Å². The number of anilines is 3. The van der Waals surface area contributed by atoms with E-state index in [9.17, 15) is 9.59 Å². The summed E-state index contributed by atoms with van der Waals surface area (Å²) >= 11 is 6.04. The Labute approximate surface area is 206 Å². The van der Waals surface area contributed by atoms with Crippen LogP contribution in [0.25, 0.3) is 0 Å². The van der Waals surface area contributed by atoms with E-state index in [2.05, 4.69) is 15.7 Å². The molecule has 1 spiro atoms. The van der Waals surface area contributed by atoms with E-state index in [1.165, 1.54) is 23.2 Å². The van der Waals surface area contributed by atoms with Gasteiger partial charge in [-0.1, -0.05) is 29.8 Å². The summed E-state index contributed by atoms with van der Waals surface area (Å²) in [4.78, 5) is 27.3. The highest BCUT2D eigenvalue weighted by atomic mass is 35.5. The van der Waals surface area contributed by atoms with Crippen LogP contribution in [0, 0.1) is 5.82 Å². The van der Waals surface area contributed by atoms with Crippen molar-refractivity contribution in [3.63, 3.8) is 0 Å². The fourth-order valence-corrected chi connectivity index (χ4v) is 5.02. The fraction of sp³-hybridized carbons (Fsp3) is 0.292. The molecule has 182 valence electrons. The lowest BCUT2D eigenvalue weighted by Gasteiger charge is -2.45. The van der Waals surface area contributed by atoms with Gasteiger partial charge in [-0.15, -0.1) is 0 Å². The number of benzene rings is 2. The number of para-hydroxylation sites is 1. The maximum Gasteiger partial charge on any atom is 0.412 e. The quantitative estimate of drug-likeness (QED) is 0.500. The number of ether oxygens (including phenoxy) is 1. The molecule has 3 heterocycles. The maximum absolute atomic E-state index is 15.1. The molecule has 0 aliphatic carbocycles. The van der Waals surface area contributed by atoms with Gasteiger partial charge in [-0.25, -0.2) is 13.9 Å². The Morgan fingerprint density at radius 1 is 1.34 bits per heavy atom. The lowest BCUT2D eigenvalue weighted by molar-refractivity contribution is -0.0418. The van der Waals surface area contributed by atoms with Gasteiger partial charge < -0.3 is 20.7 Å². The summed E-state index contributed by atoms with van der Waals surface area (Å²) < 4.78 is 22.3. The summed E-state index contributed by atoms with van der Waals surface area (Å²) in [5.74, 6) is -0.820. The van der Waals surface area contributed by atoms with E-state index < -0.39 is 17.5 Å². The second kappa shape index (κ2) is 8.77. The number of amides is 2. The number of likely N-dealkylation sites (tertiary alicyclic amines) is 1. The van der Waals surface area contributed by atoms with Crippen molar-refractivity contribution in [3.8, 4) is 0 Å². The summed E-state index contributed by atoms with van der Waals surface area (Å²) in [6.07, 6.45) is 1.57. The van der Waals surface area contributed by atoms with Crippen LogP contribution in [0.4, 0.5) is 26.4 Å². The van der Waals surface area contributed by atoms with Crippen molar-refractivity contribution in [2.45, 2.75) is 25.0 Å². The minimum atomic E-state index is -1.35. The predicted octanol–water partition coefficient (Wildman–Crippen LogP) is 4.04. The molecule has 2 aliphatic rings. The molecule has 2 aliphatic heterocycles. The Morgan fingerprint density at radius 2 is 2.14 bits per heavy atom. The van der Waals surface area contributed by atoms with Crippen molar-refractivity contribution in [1.82, 2.24) is 14.7 Å². The largest absolute Gasteiger partial charge is 0.436 e. The summed E-state index contributed by atoms with van der Waals surface area (Å²) in [5.41, 5.74) is 7.53. The predicted molar refractivity (Wildman–Crippen MR) is 130 cm³/mol. The lowest BCUT2D eigenvalue weighted by Crippen LogP contribution is -2.53. The fourth-order valence-electron chi connectivity index (χ4n) is 4.87. The number of halogens is 2. The smallest absolute Gasteiger partial charge is 0.412 e. The third-order valence-corrected chi connectivity index (χ3v) is 6.83. The molecular formula is C24H24ClFN6O3.